The molecule has 110 valence electrons. The number of nitrogens with two attached hydrogens (primary N) is 2. The molecule has 20 heavy (non-hydrogen) atoms. The molecule has 1 fully saturated rings. The van der Waals surface area contributed by atoms with Crippen LogP contribution in [0, 0.1) is 5.92 Å². The molecule has 0 aromatic carbocycles. The van der Waals surface area contributed by atoms with Gasteiger partial charge in [0, 0.05) is 20.1 Å². The molecule has 2 amide bonds. The zero-order valence-electron chi connectivity index (χ0n) is 11.7. The smallest absolute Gasteiger partial charge is 0.260 e. The monoisotopic (exact) mass is 296 g/mol. The summed E-state index contributed by atoms with van der Waals surface area (Å²) >= 11 is 1.21. The molecule has 6 nitrogen and oxygen atoms in total. The number of amides is 2. The fourth-order valence-corrected chi connectivity index (χ4v) is 3.29. The van der Waals surface area contributed by atoms with Gasteiger partial charge in [-0.05, 0) is 25.7 Å². The first-order valence-electron chi connectivity index (χ1n) is 6.68. The Morgan fingerprint density at radius 1 is 1.45 bits per heavy atom. The predicted molar refractivity (Wildman–Crippen MR) is 81.3 cm³/mol. The minimum atomic E-state index is -0.591. The number of anilines is 2. The molecule has 1 heterocycles. The fourth-order valence-electron chi connectivity index (χ4n) is 2.15. The summed E-state index contributed by atoms with van der Waals surface area (Å²) in [4.78, 5) is 25.9. The van der Waals surface area contributed by atoms with Crippen molar-refractivity contribution in [2.24, 2.45) is 11.7 Å². The SMILES string of the molecule is CCN(CC1CC1)c1sc(C(N)=O)c(N)c1C(=O)NC. The van der Waals surface area contributed by atoms with Gasteiger partial charge in [-0.1, -0.05) is 0 Å². The first-order valence-corrected chi connectivity index (χ1v) is 7.50. The van der Waals surface area contributed by atoms with Gasteiger partial charge < -0.3 is 21.7 Å². The summed E-state index contributed by atoms with van der Waals surface area (Å²) in [5, 5.41) is 3.31. The van der Waals surface area contributed by atoms with Gasteiger partial charge in [-0.3, -0.25) is 9.59 Å². The second-order valence-corrected chi connectivity index (χ2v) is 5.95. The van der Waals surface area contributed by atoms with Gasteiger partial charge >= 0.3 is 0 Å². The van der Waals surface area contributed by atoms with Crippen molar-refractivity contribution in [3.8, 4) is 0 Å². The van der Waals surface area contributed by atoms with E-state index in [4.69, 9.17) is 11.5 Å². The van der Waals surface area contributed by atoms with E-state index in [0.717, 1.165) is 18.1 Å². The van der Waals surface area contributed by atoms with E-state index < -0.39 is 5.91 Å². The van der Waals surface area contributed by atoms with Crippen molar-refractivity contribution in [2.75, 3.05) is 30.8 Å². The number of nitrogen functional groups attached to an aromatic ring is 1. The molecule has 0 saturated heterocycles. The van der Waals surface area contributed by atoms with Crippen LogP contribution in [0.25, 0.3) is 0 Å². The van der Waals surface area contributed by atoms with Crippen molar-refractivity contribution in [3.05, 3.63) is 10.4 Å². The van der Waals surface area contributed by atoms with Crippen molar-refractivity contribution in [1.29, 1.82) is 0 Å². The molecule has 0 unspecified atom stereocenters. The van der Waals surface area contributed by atoms with Gasteiger partial charge in [-0.25, -0.2) is 0 Å². The minimum absolute atomic E-state index is 0.186. The zero-order valence-corrected chi connectivity index (χ0v) is 12.5. The normalized spacial score (nSPS) is 14.1. The third-order valence-corrected chi connectivity index (χ3v) is 4.73. The molecule has 7 heteroatoms. The highest BCUT2D eigenvalue weighted by Crippen LogP contribution is 2.40. The Balaban J connectivity index is 2.45. The standard InChI is InChI=1S/C13H20N4O2S/c1-3-17(6-7-4-5-7)13-8(12(19)16-2)9(14)10(20-13)11(15)18/h7H,3-6,14H2,1-2H3,(H2,15,18)(H,16,19). The Hall–Kier alpha value is -1.76. The summed E-state index contributed by atoms with van der Waals surface area (Å²) in [6, 6.07) is 0. The first kappa shape index (κ1) is 14.6. The molecule has 0 atom stereocenters. The van der Waals surface area contributed by atoms with E-state index in [1.165, 1.54) is 24.2 Å². The van der Waals surface area contributed by atoms with Gasteiger partial charge in [0.2, 0.25) is 0 Å². The van der Waals surface area contributed by atoms with Gasteiger partial charge in [-0.15, -0.1) is 11.3 Å². The van der Waals surface area contributed by atoms with Crippen LogP contribution in [0.4, 0.5) is 10.7 Å². The summed E-state index contributed by atoms with van der Waals surface area (Å²) < 4.78 is 0. The number of hydrogen-bond acceptors (Lipinski definition) is 5. The van der Waals surface area contributed by atoms with Crippen LogP contribution in [-0.2, 0) is 0 Å². The highest BCUT2D eigenvalue weighted by Gasteiger charge is 2.30. The third-order valence-electron chi connectivity index (χ3n) is 3.45. The van der Waals surface area contributed by atoms with Crippen LogP contribution in [-0.4, -0.2) is 32.0 Å². The highest BCUT2D eigenvalue weighted by molar-refractivity contribution is 7.19. The van der Waals surface area contributed by atoms with Gasteiger partial charge in [0.25, 0.3) is 11.8 Å². The van der Waals surface area contributed by atoms with E-state index in [1.54, 1.807) is 7.05 Å². The lowest BCUT2D eigenvalue weighted by atomic mass is 10.2. The highest BCUT2D eigenvalue weighted by atomic mass is 32.1. The Morgan fingerprint density at radius 2 is 2.10 bits per heavy atom. The van der Waals surface area contributed by atoms with E-state index in [9.17, 15) is 9.59 Å². The fraction of sp³-hybridized carbons (Fsp3) is 0.538. The Labute approximate surface area is 122 Å². The lowest BCUT2D eigenvalue weighted by Gasteiger charge is -2.22. The van der Waals surface area contributed by atoms with E-state index in [1.807, 2.05) is 6.92 Å². The Morgan fingerprint density at radius 3 is 2.55 bits per heavy atom. The van der Waals surface area contributed by atoms with Crippen LogP contribution >= 0.6 is 11.3 Å². The van der Waals surface area contributed by atoms with Crippen LogP contribution in [0.3, 0.4) is 0 Å². The average Bonchev–Trinajstić information content (AvgIpc) is 3.17. The second kappa shape index (κ2) is 5.70. The summed E-state index contributed by atoms with van der Waals surface area (Å²) in [6.07, 6.45) is 2.44. The molecule has 2 rings (SSSR count). The summed E-state index contributed by atoms with van der Waals surface area (Å²) in [7, 11) is 1.55. The predicted octanol–water partition coefficient (Wildman–Crippen LogP) is 1.03. The number of primary amides is 1. The second-order valence-electron chi connectivity index (χ2n) is 4.95. The minimum Gasteiger partial charge on any atom is -0.397 e. The third kappa shape index (κ3) is 2.72. The molecule has 0 spiro atoms. The Bertz CT molecular complexity index is 537. The van der Waals surface area contributed by atoms with Crippen molar-refractivity contribution in [2.45, 2.75) is 19.8 Å². The van der Waals surface area contributed by atoms with Crippen molar-refractivity contribution in [3.63, 3.8) is 0 Å². The quantitative estimate of drug-likeness (QED) is 0.729. The van der Waals surface area contributed by atoms with Crippen LogP contribution in [0.1, 0.15) is 39.8 Å². The average molecular weight is 296 g/mol. The molecular formula is C13H20N4O2S. The first-order chi connectivity index (χ1) is 9.49. The maximum Gasteiger partial charge on any atom is 0.260 e. The van der Waals surface area contributed by atoms with E-state index in [0.29, 0.717) is 11.5 Å². The van der Waals surface area contributed by atoms with Crippen molar-refractivity contribution >= 4 is 33.8 Å². The maximum absolute atomic E-state index is 12.0. The summed E-state index contributed by atoms with van der Waals surface area (Å²) in [5.74, 6) is -0.199. The van der Waals surface area contributed by atoms with Gasteiger partial charge in [0.15, 0.2) is 0 Å². The molecule has 1 aliphatic rings. The molecular weight excluding hydrogens is 276 g/mol. The molecule has 1 aromatic heterocycles. The number of carbonyl (C=O) groups excluding carboxylic acids is 2. The van der Waals surface area contributed by atoms with Crippen LogP contribution in [0.5, 0.6) is 0 Å². The summed E-state index contributed by atoms with van der Waals surface area (Å²) in [6.45, 7) is 3.67. The van der Waals surface area contributed by atoms with Gasteiger partial charge in [-0.2, -0.15) is 0 Å². The van der Waals surface area contributed by atoms with Gasteiger partial charge in [0.05, 0.1) is 11.3 Å². The summed E-state index contributed by atoms with van der Waals surface area (Å²) in [5.41, 5.74) is 11.8. The molecule has 0 bridgehead atoms. The van der Waals surface area contributed by atoms with E-state index >= 15 is 0 Å². The lowest BCUT2D eigenvalue weighted by molar-refractivity contribution is 0.0964. The molecule has 1 aromatic rings. The van der Waals surface area contributed by atoms with Crippen LogP contribution < -0.4 is 21.7 Å². The largest absolute Gasteiger partial charge is 0.397 e. The van der Waals surface area contributed by atoms with Crippen molar-refractivity contribution in [1.82, 2.24) is 5.32 Å². The number of thiophene rings is 1. The van der Waals surface area contributed by atoms with Crippen LogP contribution in [0.15, 0.2) is 0 Å². The zero-order chi connectivity index (χ0) is 14.9. The number of carbonyl (C=O) groups is 2. The number of rotatable bonds is 6. The van der Waals surface area contributed by atoms with E-state index in [2.05, 4.69) is 10.2 Å². The van der Waals surface area contributed by atoms with Crippen LogP contribution in [0.2, 0.25) is 0 Å². The topological polar surface area (TPSA) is 101 Å². The number of nitrogens with zero attached hydrogens (tertiary/aromatic N) is 1. The Kier molecular flexibility index (Phi) is 4.17. The molecule has 1 saturated carbocycles. The molecule has 0 radical (unpaired) electrons. The molecule has 5 N–H and O–H groups in total. The number of nitrogens with one attached hydrogen (secondary N) is 1. The van der Waals surface area contributed by atoms with Crippen molar-refractivity contribution < 1.29 is 9.59 Å². The maximum atomic E-state index is 12.0. The van der Waals surface area contributed by atoms with Gasteiger partial charge in [0.1, 0.15) is 9.88 Å². The molecule has 0 aliphatic heterocycles. The molecule has 1 aliphatic carbocycles. The lowest BCUT2D eigenvalue weighted by Crippen LogP contribution is -2.28. The van der Waals surface area contributed by atoms with E-state index in [-0.39, 0.29) is 16.5 Å². The number of hydrogen-bond donors (Lipinski definition) is 3.